The summed E-state index contributed by atoms with van der Waals surface area (Å²) in [5.74, 6) is 0.437. The predicted molar refractivity (Wildman–Crippen MR) is 135 cm³/mol. The maximum absolute atomic E-state index is 13.4. The second kappa shape index (κ2) is 13.4. The van der Waals surface area contributed by atoms with E-state index in [1.54, 1.807) is 42.6 Å². The van der Waals surface area contributed by atoms with E-state index >= 15 is 0 Å². The maximum Gasteiger partial charge on any atom is 0.322 e. The van der Waals surface area contributed by atoms with Crippen LogP contribution in [-0.4, -0.2) is 55.7 Å². The maximum atomic E-state index is 13.4. The van der Waals surface area contributed by atoms with Crippen LogP contribution < -0.4 is 10.1 Å². The molecule has 0 radical (unpaired) electrons. The van der Waals surface area contributed by atoms with Crippen LogP contribution in [0.1, 0.15) is 16.9 Å². The fourth-order valence-electron chi connectivity index (χ4n) is 3.48. The number of para-hydroxylation sites is 2. The van der Waals surface area contributed by atoms with Crippen molar-refractivity contribution in [2.75, 3.05) is 39.2 Å². The van der Waals surface area contributed by atoms with Crippen molar-refractivity contribution >= 4 is 29.0 Å². The van der Waals surface area contributed by atoms with Crippen LogP contribution in [0.25, 0.3) is 0 Å². The van der Waals surface area contributed by atoms with Crippen LogP contribution in [0.15, 0.2) is 72.1 Å². The molecule has 0 aliphatic heterocycles. The molecule has 3 rings (SSSR count). The van der Waals surface area contributed by atoms with Gasteiger partial charge in [0.1, 0.15) is 12.3 Å². The summed E-state index contributed by atoms with van der Waals surface area (Å²) in [5.41, 5.74) is 1.59. The summed E-state index contributed by atoms with van der Waals surface area (Å²) in [7, 11) is 3.17. The first-order chi connectivity index (χ1) is 16.6. The molecule has 0 saturated heterocycles. The van der Waals surface area contributed by atoms with Crippen molar-refractivity contribution in [1.29, 1.82) is 0 Å². The van der Waals surface area contributed by atoms with Gasteiger partial charge >= 0.3 is 6.03 Å². The number of thiophene rings is 1. The first-order valence-corrected chi connectivity index (χ1v) is 12.0. The molecule has 34 heavy (non-hydrogen) atoms. The van der Waals surface area contributed by atoms with Gasteiger partial charge in [0.15, 0.2) is 0 Å². The molecule has 3 amide bonds. The van der Waals surface area contributed by atoms with Crippen molar-refractivity contribution in [3.8, 4) is 5.75 Å². The second-order valence-electron chi connectivity index (χ2n) is 7.71. The number of nitrogens with one attached hydrogen (secondary N) is 1. The predicted octanol–water partition coefficient (Wildman–Crippen LogP) is 4.86. The number of benzene rings is 2. The minimum atomic E-state index is -0.357. The van der Waals surface area contributed by atoms with Gasteiger partial charge in [-0.3, -0.25) is 4.79 Å². The summed E-state index contributed by atoms with van der Waals surface area (Å²) in [4.78, 5) is 31.0. The lowest BCUT2D eigenvalue weighted by atomic mass is 10.2. The third-order valence-corrected chi connectivity index (χ3v) is 6.10. The number of ether oxygens (including phenoxy) is 2. The second-order valence-corrected chi connectivity index (χ2v) is 8.75. The first-order valence-electron chi connectivity index (χ1n) is 11.1. The summed E-state index contributed by atoms with van der Waals surface area (Å²) in [6.07, 6.45) is 0.618. The van der Waals surface area contributed by atoms with E-state index in [9.17, 15) is 9.59 Å². The summed E-state index contributed by atoms with van der Waals surface area (Å²) >= 11 is 1.61. The standard InChI is InChI=1S/C26H31N3O4S/c1-32-16-9-15-28(26(31)27-23-13-6-7-14-24(23)33-2)20-25(30)29(19-22-12-8-17-34-22)18-21-10-4-3-5-11-21/h3-8,10-14,17H,9,15-16,18-20H2,1-2H3,(H,27,31). The Kier molecular flexibility index (Phi) is 9.94. The van der Waals surface area contributed by atoms with Crippen molar-refractivity contribution in [2.45, 2.75) is 19.5 Å². The highest BCUT2D eigenvalue weighted by Gasteiger charge is 2.23. The highest BCUT2D eigenvalue weighted by Crippen LogP contribution is 2.23. The molecular weight excluding hydrogens is 450 g/mol. The molecule has 0 fully saturated rings. The number of urea groups is 1. The number of rotatable bonds is 12. The fourth-order valence-corrected chi connectivity index (χ4v) is 4.20. The van der Waals surface area contributed by atoms with E-state index in [-0.39, 0.29) is 18.5 Å². The lowest BCUT2D eigenvalue weighted by Crippen LogP contribution is -2.44. The van der Waals surface area contributed by atoms with Gasteiger partial charge in [-0.15, -0.1) is 11.3 Å². The zero-order valence-electron chi connectivity index (χ0n) is 19.6. The largest absolute Gasteiger partial charge is 0.495 e. The van der Waals surface area contributed by atoms with Gasteiger partial charge in [-0.2, -0.15) is 0 Å². The minimum absolute atomic E-state index is 0.0388. The SMILES string of the molecule is COCCCN(CC(=O)N(Cc1ccccc1)Cc1cccs1)C(=O)Nc1ccccc1OC. The van der Waals surface area contributed by atoms with Crippen molar-refractivity contribution in [1.82, 2.24) is 9.80 Å². The highest BCUT2D eigenvalue weighted by atomic mass is 32.1. The number of methoxy groups -OCH3 is 2. The number of hydrogen-bond acceptors (Lipinski definition) is 5. The molecular formula is C26H31N3O4S. The molecule has 0 atom stereocenters. The molecule has 3 aromatic rings. The van der Waals surface area contributed by atoms with Gasteiger partial charge < -0.3 is 24.6 Å². The Bertz CT molecular complexity index is 1030. The number of hydrogen-bond donors (Lipinski definition) is 1. The minimum Gasteiger partial charge on any atom is -0.495 e. The van der Waals surface area contributed by atoms with Crippen LogP contribution in [0, 0.1) is 0 Å². The number of carbonyl (C=O) groups excluding carboxylic acids is 2. The molecule has 0 spiro atoms. The van der Waals surface area contributed by atoms with Gasteiger partial charge in [-0.25, -0.2) is 4.79 Å². The summed E-state index contributed by atoms with van der Waals surface area (Å²) in [5, 5.41) is 4.88. The summed E-state index contributed by atoms with van der Waals surface area (Å²) in [6, 6.07) is 20.7. The quantitative estimate of drug-likeness (QED) is 0.375. The van der Waals surface area contributed by atoms with Crippen LogP contribution in [0.4, 0.5) is 10.5 Å². The third kappa shape index (κ3) is 7.60. The molecule has 0 aliphatic carbocycles. The topological polar surface area (TPSA) is 71.1 Å². The Morgan fingerprint density at radius 1 is 0.912 bits per heavy atom. The van der Waals surface area contributed by atoms with Gasteiger partial charge in [-0.1, -0.05) is 48.5 Å². The Balaban J connectivity index is 1.75. The summed E-state index contributed by atoms with van der Waals surface area (Å²) in [6.45, 7) is 1.81. The molecule has 0 unspecified atom stereocenters. The van der Waals surface area contributed by atoms with Gasteiger partial charge in [-0.05, 0) is 35.6 Å². The Labute approximate surface area is 204 Å². The zero-order chi connectivity index (χ0) is 24.2. The average Bonchev–Trinajstić information content (AvgIpc) is 3.37. The molecule has 2 aromatic carbocycles. The van der Waals surface area contributed by atoms with E-state index in [1.165, 1.54) is 4.90 Å². The highest BCUT2D eigenvalue weighted by molar-refractivity contribution is 7.09. The lowest BCUT2D eigenvalue weighted by molar-refractivity contribution is -0.133. The van der Waals surface area contributed by atoms with Crippen LogP contribution in [0.2, 0.25) is 0 Å². The van der Waals surface area contributed by atoms with Gasteiger partial charge in [0, 0.05) is 31.7 Å². The Morgan fingerprint density at radius 2 is 1.68 bits per heavy atom. The van der Waals surface area contributed by atoms with Crippen LogP contribution in [0.5, 0.6) is 5.75 Å². The lowest BCUT2D eigenvalue weighted by Gasteiger charge is -2.28. The molecule has 1 aromatic heterocycles. The molecule has 7 nitrogen and oxygen atoms in total. The molecule has 0 bridgehead atoms. The Morgan fingerprint density at radius 3 is 2.38 bits per heavy atom. The van der Waals surface area contributed by atoms with E-state index in [4.69, 9.17) is 9.47 Å². The van der Waals surface area contributed by atoms with Crippen molar-refractivity contribution in [3.63, 3.8) is 0 Å². The monoisotopic (exact) mass is 481 g/mol. The van der Waals surface area contributed by atoms with Crippen LogP contribution in [-0.2, 0) is 22.6 Å². The van der Waals surface area contributed by atoms with E-state index in [0.717, 1.165) is 10.4 Å². The van der Waals surface area contributed by atoms with Gasteiger partial charge in [0.05, 0.1) is 19.3 Å². The number of nitrogens with zero attached hydrogens (tertiary/aromatic N) is 2. The summed E-state index contributed by atoms with van der Waals surface area (Å²) < 4.78 is 10.5. The van der Waals surface area contributed by atoms with Crippen molar-refractivity contribution < 1.29 is 19.1 Å². The van der Waals surface area contributed by atoms with E-state index in [2.05, 4.69) is 5.32 Å². The van der Waals surface area contributed by atoms with Gasteiger partial charge in [0.2, 0.25) is 5.91 Å². The molecule has 180 valence electrons. The normalized spacial score (nSPS) is 10.5. The van der Waals surface area contributed by atoms with E-state index in [1.807, 2.05) is 60.0 Å². The third-order valence-electron chi connectivity index (χ3n) is 5.23. The fraction of sp³-hybridized carbons (Fsp3) is 0.308. The molecule has 0 saturated carbocycles. The van der Waals surface area contributed by atoms with Crippen molar-refractivity contribution in [3.05, 3.63) is 82.6 Å². The molecule has 1 N–H and O–H groups in total. The molecule has 0 aliphatic rings. The average molecular weight is 482 g/mol. The van der Waals surface area contributed by atoms with Crippen LogP contribution in [0.3, 0.4) is 0 Å². The Hall–Kier alpha value is -3.36. The number of carbonyl (C=O) groups is 2. The molecule has 1 heterocycles. The zero-order valence-corrected chi connectivity index (χ0v) is 20.4. The van der Waals surface area contributed by atoms with Crippen molar-refractivity contribution in [2.24, 2.45) is 0 Å². The van der Waals surface area contributed by atoms with E-state index in [0.29, 0.717) is 44.1 Å². The van der Waals surface area contributed by atoms with Gasteiger partial charge in [0.25, 0.3) is 0 Å². The molecule has 8 heteroatoms. The van der Waals surface area contributed by atoms with E-state index < -0.39 is 0 Å². The number of amides is 3. The first kappa shape index (κ1) is 25.3. The smallest absolute Gasteiger partial charge is 0.322 e. The number of anilines is 1. The van der Waals surface area contributed by atoms with Crippen LogP contribution >= 0.6 is 11.3 Å².